The highest BCUT2D eigenvalue weighted by atomic mass is 31.1. The molecule has 0 spiro atoms. The molecule has 0 heterocycles. The van der Waals surface area contributed by atoms with Crippen LogP contribution in [0.15, 0.2) is 60.7 Å². The molecule has 8 heteroatoms. The van der Waals surface area contributed by atoms with E-state index in [0.29, 0.717) is 29.8 Å². The summed E-state index contributed by atoms with van der Waals surface area (Å²) in [6.45, 7) is 0. The fraction of sp³-hybridized carbons (Fsp3) is 0.455. The van der Waals surface area contributed by atoms with Gasteiger partial charge in [0.1, 0.15) is 11.2 Å². The first kappa shape index (κ1) is 20.1. The van der Waals surface area contributed by atoms with Crippen LogP contribution in [0.4, 0.5) is 0 Å². The third-order valence-electron chi connectivity index (χ3n) is 6.34. The van der Waals surface area contributed by atoms with E-state index in [1.54, 1.807) is 24.3 Å². The second-order valence-corrected chi connectivity index (χ2v) is 10.4. The van der Waals surface area contributed by atoms with Crippen molar-refractivity contribution in [2.45, 2.75) is 49.7 Å². The first-order chi connectivity index (χ1) is 14.5. The van der Waals surface area contributed by atoms with E-state index in [0.717, 1.165) is 32.1 Å². The Bertz CT molecular complexity index is 848. The van der Waals surface area contributed by atoms with Crippen LogP contribution in [0, 0.1) is 11.8 Å². The van der Waals surface area contributed by atoms with Crippen molar-refractivity contribution < 1.29 is 27.2 Å². The quantitative estimate of drug-likeness (QED) is 0.427. The predicted molar refractivity (Wildman–Crippen MR) is 112 cm³/mol. The number of hydrogen-bond donors (Lipinski definition) is 0. The highest BCUT2D eigenvalue weighted by molar-refractivity contribution is 7.34. The van der Waals surface area contributed by atoms with E-state index < -0.39 is 27.7 Å². The molecule has 6 rings (SSSR count). The van der Waals surface area contributed by atoms with Crippen LogP contribution in [-0.4, -0.2) is 11.2 Å². The zero-order valence-electron chi connectivity index (χ0n) is 16.5. The van der Waals surface area contributed by atoms with E-state index in [1.807, 2.05) is 36.4 Å². The van der Waals surface area contributed by atoms with Gasteiger partial charge < -0.3 is 0 Å². The summed E-state index contributed by atoms with van der Waals surface area (Å²) in [5, 5.41) is 0. The molecule has 4 saturated carbocycles. The van der Waals surface area contributed by atoms with Gasteiger partial charge in [0.15, 0.2) is 11.5 Å². The van der Waals surface area contributed by atoms with Crippen molar-refractivity contribution in [3.63, 3.8) is 0 Å². The minimum absolute atomic E-state index is 0.409. The number of hydrogen-bond acceptors (Lipinski definition) is 6. The molecule has 0 N–H and O–H groups in total. The van der Waals surface area contributed by atoms with Gasteiger partial charge >= 0.3 is 16.5 Å². The summed E-state index contributed by atoms with van der Waals surface area (Å²) in [5.41, 5.74) is -1.12. The molecule has 4 bridgehead atoms. The zero-order chi connectivity index (χ0) is 20.6. The van der Waals surface area contributed by atoms with E-state index in [9.17, 15) is 9.13 Å². The summed E-state index contributed by atoms with van der Waals surface area (Å²) in [6.07, 6.45) is 5.02. The average molecular weight is 446 g/mol. The summed E-state index contributed by atoms with van der Waals surface area (Å²) in [6, 6.07) is 18.1. The Morgan fingerprint density at radius 1 is 0.667 bits per heavy atom. The summed E-state index contributed by atoms with van der Waals surface area (Å²) in [7, 11) is -4.62. The van der Waals surface area contributed by atoms with Gasteiger partial charge in [0, 0.05) is 15.6 Å². The highest BCUT2D eigenvalue weighted by Gasteiger charge is 2.65. The molecular weight excluding hydrogens is 422 g/mol. The van der Waals surface area contributed by atoms with Crippen molar-refractivity contribution in [3.8, 4) is 11.5 Å². The van der Waals surface area contributed by atoms with Crippen LogP contribution in [0.25, 0.3) is 0 Å². The van der Waals surface area contributed by atoms with E-state index in [1.165, 1.54) is 0 Å². The first-order valence-corrected chi connectivity index (χ1v) is 12.5. The maximum Gasteiger partial charge on any atom is 0.750 e. The fourth-order valence-corrected chi connectivity index (χ4v) is 7.52. The van der Waals surface area contributed by atoms with Crippen LogP contribution < -0.4 is 9.05 Å². The topological polar surface area (TPSA) is 71.1 Å². The minimum Gasteiger partial charge on any atom is -0.229 e. The highest BCUT2D eigenvalue weighted by Crippen LogP contribution is 2.63. The Labute approximate surface area is 177 Å². The maximum absolute atomic E-state index is 12.6. The van der Waals surface area contributed by atoms with Gasteiger partial charge in [-0.15, -0.1) is 9.05 Å². The molecule has 4 aliphatic rings. The minimum atomic E-state index is -2.31. The summed E-state index contributed by atoms with van der Waals surface area (Å²) < 4.78 is 48.4. The molecule has 4 fully saturated rings. The predicted octanol–water partition coefficient (Wildman–Crippen LogP) is 6.58. The van der Waals surface area contributed by atoms with Crippen molar-refractivity contribution >= 4 is 16.5 Å². The van der Waals surface area contributed by atoms with Crippen molar-refractivity contribution in [1.29, 1.82) is 0 Å². The summed E-state index contributed by atoms with van der Waals surface area (Å²) >= 11 is 0. The van der Waals surface area contributed by atoms with E-state index in [-0.39, 0.29) is 0 Å². The molecule has 0 aliphatic heterocycles. The van der Waals surface area contributed by atoms with Gasteiger partial charge in [0.2, 0.25) is 0 Å². The zero-order valence-corrected chi connectivity index (χ0v) is 18.3. The largest absolute Gasteiger partial charge is 0.750 e. The van der Waals surface area contributed by atoms with Crippen LogP contribution in [0.1, 0.15) is 38.5 Å². The molecular formula is C22H24O6P2+2. The SMILES string of the molecule is O=[P+](Oc1ccccc1)OC12CC3CC(C1)CC(O[P+](=O)Oc1ccccc1)(C3)C2. The third-order valence-corrected chi connectivity index (χ3v) is 8.13. The van der Waals surface area contributed by atoms with E-state index >= 15 is 0 Å². The second-order valence-electron chi connectivity index (χ2n) is 8.77. The molecule has 2 aromatic carbocycles. The first-order valence-electron chi connectivity index (χ1n) is 10.3. The van der Waals surface area contributed by atoms with Crippen molar-refractivity contribution in [3.05, 3.63) is 60.7 Å². The molecule has 2 aromatic rings. The molecule has 6 nitrogen and oxygen atoms in total. The van der Waals surface area contributed by atoms with Crippen LogP contribution in [-0.2, 0) is 18.2 Å². The van der Waals surface area contributed by atoms with Crippen LogP contribution in [0.2, 0.25) is 0 Å². The maximum atomic E-state index is 12.6. The van der Waals surface area contributed by atoms with E-state index in [2.05, 4.69) is 0 Å². The van der Waals surface area contributed by atoms with Crippen molar-refractivity contribution in [2.75, 3.05) is 0 Å². The van der Waals surface area contributed by atoms with Gasteiger partial charge in [-0.1, -0.05) is 36.4 Å². The summed E-state index contributed by atoms with van der Waals surface area (Å²) in [4.78, 5) is 0. The lowest BCUT2D eigenvalue weighted by atomic mass is 9.52. The molecule has 156 valence electrons. The van der Waals surface area contributed by atoms with Crippen LogP contribution in [0.3, 0.4) is 0 Å². The molecule has 30 heavy (non-hydrogen) atoms. The molecule has 0 radical (unpaired) electrons. The summed E-state index contributed by atoms with van der Waals surface area (Å²) in [5.74, 6) is 1.86. The molecule has 0 aromatic heterocycles. The number of para-hydroxylation sites is 2. The molecule has 0 saturated heterocycles. The third kappa shape index (κ3) is 4.29. The lowest BCUT2D eigenvalue weighted by Crippen LogP contribution is -2.59. The van der Waals surface area contributed by atoms with Crippen LogP contribution in [0.5, 0.6) is 11.5 Å². The van der Waals surface area contributed by atoms with Gasteiger partial charge in [-0.2, -0.15) is 0 Å². The van der Waals surface area contributed by atoms with Crippen LogP contribution >= 0.6 is 16.5 Å². The standard InChI is InChI=1S/C22H24O6P2/c23-29(25-19-7-3-1-4-8-19)27-21-12-17-11-18(13-21)15-22(14-17,16-21)28-30(24)26-20-9-5-2-6-10-20/h1-10,17-18H,11-16H2/q+2. The Hall–Kier alpha value is -1.84. The Morgan fingerprint density at radius 2 is 1.07 bits per heavy atom. The smallest absolute Gasteiger partial charge is 0.229 e. The Kier molecular flexibility index (Phi) is 5.37. The van der Waals surface area contributed by atoms with Gasteiger partial charge in [0.05, 0.1) is 0 Å². The second kappa shape index (κ2) is 8.01. The number of rotatable bonds is 8. The fourth-order valence-electron chi connectivity index (χ4n) is 5.80. The molecule has 2 atom stereocenters. The normalized spacial score (nSPS) is 32.5. The molecule has 4 aliphatic carbocycles. The molecule has 2 unspecified atom stereocenters. The Morgan fingerprint density at radius 3 is 1.47 bits per heavy atom. The number of benzene rings is 2. The van der Waals surface area contributed by atoms with Crippen molar-refractivity contribution in [1.82, 2.24) is 0 Å². The van der Waals surface area contributed by atoms with Gasteiger partial charge in [0.25, 0.3) is 0 Å². The van der Waals surface area contributed by atoms with E-state index in [4.69, 9.17) is 18.1 Å². The Balaban J connectivity index is 1.28. The lowest BCUT2D eigenvalue weighted by molar-refractivity contribution is -0.176. The molecule has 0 amide bonds. The van der Waals surface area contributed by atoms with Gasteiger partial charge in [-0.25, -0.2) is 9.05 Å². The monoisotopic (exact) mass is 446 g/mol. The van der Waals surface area contributed by atoms with Crippen molar-refractivity contribution in [2.24, 2.45) is 11.8 Å². The lowest BCUT2D eigenvalue weighted by Gasteiger charge is -2.56. The van der Waals surface area contributed by atoms with Gasteiger partial charge in [-0.3, -0.25) is 0 Å². The average Bonchev–Trinajstić information content (AvgIpc) is 2.67. The van der Waals surface area contributed by atoms with Gasteiger partial charge in [-0.05, 0) is 68.2 Å².